The first kappa shape index (κ1) is 22.7. The molecule has 1 amide bonds. The van der Waals surface area contributed by atoms with Gasteiger partial charge >= 0.3 is 0 Å². The maximum Gasteiger partial charge on any atom is 0.288 e. The van der Waals surface area contributed by atoms with Gasteiger partial charge in [-0.15, -0.1) is 0 Å². The maximum atomic E-state index is 14.8. The first-order valence-corrected chi connectivity index (χ1v) is 10.7. The molecule has 1 aliphatic rings. The number of rotatable bonds is 6. The zero-order chi connectivity index (χ0) is 23.5. The summed E-state index contributed by atoms with van der Waals surface area (Å²) < 4.78 is 39.9. The van der Waals surface area contributed by atoms with E-state index < -0.39 is 17.2 Å². The molecule has 3 aromatic rings. The van der Waals surface area contributed by atoms with Gasteiger partial charge in [0.05, 0.1) is 11.4 Å². The summed E-state index contributed by atoms with van der Waals surface area (Å²) >= 11 is 4.55. The lowest BCUT2D eigenvalue weighted by Gasteiger charge is -2.18. The Kier molecular flexibility index (Phi) is 6.60. The van der Waals surface area contributed by atoms with E-state index in [0.717, 1.165) is 10.8 Å². The number of hydrogen-bond donors (Lipinski definition) is 2. The molecule has 0 radical (unpaired) electrons. The summed E-state index contributed by atoms with van der Waals surface area (Å²) in [5.74, 6) is -1.08. The average molecular weight is 472 g/mol. The van der Waals surface area contributed by atoms with Gasteiger partial charge in [0.15, 0.2) is 0 Å². The van der Waals surface area contributed by atoms with Gasteiger partial charge in [-0.05, 0) is 41.1 Å². The number of nitrogens with one attached hydrogen (secondary N) is 2. The van der Waals surface area contributed by atoms with Crippen molar-refractivity contribution in [3.05, 3.63) is 76.7 Å². The smallest absolute Gasteiger partial charge is 0.288 e. The quantitative estimate of drug-likeness (QED) is 0.514. The molecule has 170 valence electrons. The molecule has 1 atom stereocenters. The summed E-state index contributed by atoms with van der Waals surface area (Å²) in [4.78, 5) is 25.8. The van der Waals surface area contributed by atoms with Crippen molar-refractivity contribution in [1.82, 2.24) is 5.32 Å². The molecule has 3 aromatic carbocycles. The SMILES string of the molecule is O=C1CC(CNC(=S)C(F)F)CN1c1ccc(Nc2ccc3ccccc3cc2=O)c(F)c1. The maximum absolute atomic E-state index is 14.8. The number of amides is 1. The molecule has 1 saturated heterocycles. The van der Waals surface area contributed by atoms with Crippen molar-refractivity contribution in [2.24, 2.45) is 5.92 Å². The first-order chi connectivity index (χ1) is 15.8. The largest absolute Gasteiger partial charge is 0.375 e. The van der Waals surface area contributed by atoms with Crippen LogP contribution in [0.15, 0.2) is 65.5 Å². The van der Waals surface area contributed by atoms with Gasteiger partial charge in [0.25, 0.3) is 6.43 Å². The van der Waals surface area contributed by atoms with Gasteiger partial charge in [-0.2, -0.15) is 0 Å². The topological polar surface area (TPSA) is 61.4 Å². The number of hydrogen-bond acceptors (Lipinski definition) is 4. The van der Waals surface area contributed by atoms with Crippen molar-refractivity contribution >= 4 is 50.9 Å². The van der Waals surface area contributed by atoms with Gasteiger partial charge in [0, 0.05) is 31.1 Å². The number of alkyl halides is 2. The molecule has 5 nitrogen and oxygen atoms in total. The van der Waals surface area contributed by atoms with E-state index in [1.807, 2.05) is 24.3 Å². The van der Waals surface area contributed by atoms with E-state index >= 15 is 0 Å². The second-order valence-corrected chi connectivity index (χ2v) is 8.23. The zero-order valence-electron chi connectivity index (χ0n) is 17.4. The van der Waals surface area contributed by atoms with Crippen LogP contribution in [0.4, 0.5) is 30.2 Å². The molecule has 2 N–H and O–H groups in total. The van der Waals surface area contributed by atoms with E-state index in [2.05, 4.69) is 22.9 Å². The van der Waals surface area contributed by atoms with Crippen molar-refractivity contribution in [2.75, 3.05) is 23.3 Å². The molecule has 0 aliphatic carbocycles. The lowest BCUT2D eigenvalue weighted by molar-refractivity contribution is -0.117. The third-order valence-corrected chi connectivity index (χ3v) is 5.80. The summed E-state index contributed by atoms with van der Waals surface area (Å²) in [6, 6.07) is 16.5. The molecular weight excluding hydrogens is 451 g/mol. The Morgan fingerprint density at radius 3 is 2.48 bits per heavy atom. The van der Waals surface area contributed by atoms with E-state index in [9.17, 15) is 22.8 Å². The van der Waals surface area contributed by atoms with Gasteiger partial charge in [0.1, 0.15) is 10.8 Å². The van der Waals surface area contributed by atoms with Gasteiger partial charge in [-0.25, -0.2) is 13.2 Å². The van der Waals surface area contributed by atoms with Crippen LogP contribution < -0.4 is 21.0 Å². The summed E-state index contributed by atoms with van der Waals surface area (Å²) in [7, 11) is 0. The number of thiocarbonyl (C=S) groups is 1. The molecule has 9 heteroatoms. The Balaban J connectivity index is 1.49. The number of fused-ring (bicyclic) bond motifs is 1. The minimum absolute atomic E-state index is 0.0956. The van der Waals surface area contributed by atoms with Crippen molar-refractivity contribution in [2.45, 2.75) is 12.8 Å². The lowest BCUT2D eigenvalue weighted by Crippen LogP contribution is -2.33. The van der Waals surface area contributed by atoms with Crippen LogP contribution in [0.25, 0.3) is 10.8 Å². The van der Waals surface area contributed by atoms with Gasteiger partial charge in [-0.3, -0.25) is 9.59 Å². The highest BCUT2D eigenvalue weighted by Crippen LogP contribution is 2.29. The number of benzene rings is 2. The summed E-state index contributed by atoms with van der Waals surface area (Å²) in [5, 5.41) is 6.96. The highest BCUT2D eigenvalue weighted by molar-refractivity contribution is 7.80. The molecule has 0 spiro atoms. The number of nitrogens with zero attached hydrogens (tertiary/aromatic N) is 1. The van der Waals surface area contributed by atoms with Crippen LogP contribution in [0.1, 0.15) is 6.42 Å². The fourth-order valence-electron chi connectivity index (χ4n) is 3.78. The van der Waals surface area contributed by atoms with Gasteiger partial charge < -0.3 is 15.5 Å². The van der Waals surface area contributed by atoms with Crippen molar-refractivity contribution in [3.8, 4) is 0 Å². The molecule has 4 rings (SSSR count). The standard InChI is InChI=1S/C24H20F3N3O2S/c25-18-11-17(30-13-14(9-22(30)32)12-28-24(33)23(26)27)6-8-19(18)29-20-7-5-15-3-1-2-4-16(15)10-21(20)31/h1-8,10-11,14,23H,9,12-13H2,(H,28,33)(H,29,31). The highest BCUT2D eigenvalue weighted by Gasteiger charge is 2.31. The predicted octanol–water partition coefficient (Wildman–Crippen LogP) is 4.62. The van der Waals surface area contributed by atoms with Crippen molar-refractivity contribution in [3.63, 3.8) is 0 Å². The van der Waals surface area contributed by atoms with E-state index in [1.165, 1.54) is 23.1 Å². The second-order valence-electron chi connectivity index (χ2n) is 7.79. The molecule has 1 fully saturated rings. The Labute approximate surface area is 193 Å². The molecule has 0 aromatic heterocycles. The number of anilines is 3. The van der Waals surface area contributed by atoms with Crippen LogP contribution >= 0.6 is 12.2 Å². The summed E-state index contributed by atoms with van der Waals surface area (Å²) in [6.45, 7) is 0.398. The lowest BCUT2D eigenvalue weighted by atomic mass is 10.1. The molecule has 1 unspecified atom stereocenters. The van der Waals surface area contributed by atoms with E-state index in [1.54, 1.807) is 18.2 Å². The minimum atomic E-state index is -2.75. The number of halogens is 3. The number of carbonyl (C=O) groups excluding carboxylic acids is 1. The Morgan fingerprint density at radius 1 is 1.03 bits per heavy atom. The molecular formula is C24H20F3N3O2S. The Bertz CT molecular complexity index is 1290. The third-order valence-electron chi connectivity index (χ3n) is 5.48. The van der Waals surface area contributed by atoms with Crippen LogP contribution in [0.3, 0.4) is 0 Å². The van der Waals surface area contributed by atoms with E-state index in [0.29, 0.717) is 5.69 Å². The second kappa shape index (κ2) is 9.58. The molecule has 1 aliphatic heterocycles. The van der Waals surface area contributed by atoms with Crippen LogP contribution in [0.5, 0.6) is 0 Å². The molecule has 0 bridgehead atoms. The highest BCUT2D eigenvalue weighted by atomic mass is 32.1. The van der Waals surface area contributed by atoms with E-state index in [4.69, 9.17) is 0 Å². The first-order valence-electron chi connectivity index (χ1n) is 10.3. The van der Waals surface area contributed by atoms with Crippen LogP contribution in [-0.4, -0.2) is 30.4 Å². The Hall–Kier alpha value is -3.46. The molecule has 33 heavy (non-hydrogen) atoms. The minimum Gasteiger partial charge on any atom is -0.375 e. The van der Waals surface area contributed by atoms with Crippen LogP contribution in [-0.2, 0) is 4.79 Å². The fraction of sp³-hybridized carbons (Fsp3) is 0.208. The van der Waals surface area contributed by atoms with Crippen LogP contribution in [0.2, 0.25) is 0 Å². The third kappa shape index (κ3) is 5.14. The predicted molar refractivity (Wildman–Crippen MR) is 127 cm³/mol. The van der Waals surface area contributed by atoms with E-state index in [-0.39, 0.29) is 48.1 Å². The summed E-state index contributed by atoms with van der Waals surface area (Å²) in [6.07, 6.45) is -2.60. The number of carbonyl (C=O) groups is 1. The zero-order valence-corrected chi connectivity index (χ0v) is 18.2. The Morgan fingerprint density at radius 2 is 1.76 bits per heavy atom. The van der Waals surface area contributed by atoms with Gasteiger partial charge in [-0.1, -0.05) is 42.5 Å². The van der Waals surface area contributed by atoms with Gasteiger partial charge in [0.2, 0.25) is 11.3 Å². The summed E-state index contributed by atoms with van der Waals surface area (Å²) in [5.41, 5.74) is 0.384. The van der Waals surface area contributed by atoms with Crippen molar-refractivity contribution in [1.29, 1.82) is 0 Å². The van der Waals surface area contributed by atoms with Crippen LogP contribution in [0, 0.1) is 11.7 Å². The molecule has 1 heterocycles. The molecule has 0 saturated carbocycles. The van der Waals surface area contributed by atoms with Crippen molar-refractivity contribution < 1.29 is 18.0 Å². The normalized spacial score (nSPS) is 15.8. The monoisotopic (exact) mass is 471 g/mol. The average Bonchev–Trinajstić information content (AvgIpc) is 3.08. The fourth-order valence-corrected chi connectivity index (χ4v) is 3.86.